The fourth-order valence-corrected chi connectivity index (χ4v) is 5.89. The van der Waals surface area contributed by atoms with Crippen LogP contribution in [0.4, 0.5) is 5.69 Å². The molecule has 0 aliphatic carbocycles. The van der Waals surface area contributed by atoms with Gasteiger partial charge in [-0.05, 0) is 35.7 Å². The van der Waals surface area contributed by atoms with Crippen LogP contribution in [0.25, 0.3) is 16.4 Å². The molecule has 0 bridgehead atoms. The van der Waals surface area contributed by atoms with E-state index in [1.165, 1.54) is 11.8 Å². The molecule has 1 amide bonds. The number of benzene rings is 2. The van der Waals surface area contributed by atoms with E-state index in [4.69, 9.17) is 0 Å². The summed E-state index contributed by atoms with van der Waals surface area (Å²) in [5.74, 6) is 2.11. The Morgan fingerprint density at radius 2 is 1.83 bits per heavy atom. The number of rotatable bonds is 5. The number of aromatic nitrogens is 3. The highest BCUT2D eigenvalue weighted by Crippen LogP contribution is 2.35. The fraction of sp³-hybridized carbons (Fsp3) is 0.136. The Labute approximate surface area is 187 Å². The number of fused-ring (bicyclic) bond motifs is 1. The molecule has 5 rings (SSSR count). The number of amides is 1. The van der Waals surface area contributed by atoms with Gasteiger partial charge < -0.3 is 4.90 Å². The van der Waals surface area contributed by atoms with Gasteiger partial charge in [0, 0.05) is 22.9 Å². The molecule has 4 aromatic rings. The van der Waals surface area contributed by atoms with Crippen LogP contribution in [0.2, 0.25) is 0 Å². The zero-order valence-corrected chi connectivity index (χ0v) is 18.4. The molecule has 2 aromatic carbocycles. The van der Waals surface area contributed by atoms with Crippen LogP contribution in [-0.2, 0) is 4.79 Å². The molecule has 0 atom stereocenters. The van der Waals surface area contributed by atoms with Crippen molar-refractivity contribution in [3.63, 3.8) is 0 Å². The second-order valence-electron chi connectivity index (χ2n) is 6.60. The van der Waals surface area contributed by atoms with Crippen molar-refractivity contribution in [1.82, 2.24) is 14.8 Å². The first-order valence-electron chi connectivity index (χ1n) is 9.51. The Bertz CT molecular complexity index is 1160. The van der Waals surface area contributed by atoms with Crippen LogP contribution in [0.5, 0.6) is 0 Å². The number of anilines is 1. The van der Waals surface area contributed by atoms with Gasteiger partial charge in [0.15, 0.2) is 11.0 Å². The quantitative estimate of drug-likeness (QED) is 0.390. The van der Waals surface area contributed by atoms with Gasteiger partial charge in [-0.1, -0.05) is 48.2 Å². The molecule has 0 unspecified atom stereocenters. The number of nitrogens with zero attached hydrogens (tertiary/aromatic N) is 4. The number of thioether (sulfide) groups is 2. The minimum Gasteiger partial charge on any atom is -0.310 e. The molecule has 1 aliphatic rings. The molecule has 0 N–H and O–H groups in total. The van der Waals surface area contributed by atoms with Crippen LogP contribution in [0.3, 0.4) is 0 Å². The Hall–Kier alpha value is -2.55. The monoisotopic (exact) mass is 450 g/mol. The van der Waals surface area contributed by atoms with E-state index in [0.717, 1.165) is 44.4 Å². The Kier molecular flexibility index (Phi) is 5.61. The van der Waals surface area contributed by atoms with Crippen molar-refractivity contribution in [3.8, 4) is 16.4 Å². The maximum absolute atomic E-state index is 13.1. The van der Waals surface area contributed by atoms with Crippen LogP contribution in [0.15, 0.2) is 82.2 Å². The van der Waals surface area contributed by atoms with E-state index < -0.39 is 0 Å². The van der Waals surface area contributed by atoms with E-state index in [2.05, 4.69) is 16.3 Å². The largest absolute Gasteiger partial charge is 0.310 e. The van der Waals surface area contributed by atoms with Crippen molar-refractivity contribution in [2.75, 3.05) is 23.0 Å². The van der Waals surface area contributed by atoms with Gasteiger partial charge in [0.1, 0.15) is 0 Å². The lowest BCUT2D eigenvalue weighted by molar-refractivity contribution is -0.116. The predicted octanol–water partition coefficient (Wildman–Crippen LogP) is 5.23. The fourth-order valence-electron chi connectivity index (χ4n) is 3.37. The summed E-state index contributed by atoms with van der Waals surface area (Å²) in [6.07, 6.45) is 0. The lowest BCUT2D eigenvalue weighted by atomic mass is 10.3. The van der Waals surface area contributed by atoms with Gasteiger partial charge in [0.25, 0.3) is 0 Å². The highest BCUT2D eigenvalue weighted by Gasteiger charge is 2.24. The Morgan fingerprint density at radius 3 is 2.67 bits per heavy atom. The van der Waals surface area contributed by atoms with E-state index in [0.29, 0.717) is 5.75 Å². The summed E-state index contributed by atoms with van der Waals surface area (Å²) in [5, 5.41) is 11.6. The van der Waals surface area contributed by atoms with Gasteiger partial charge in [-0.15, -0.1) is 33.3 Å². The first-order chi connectivity index (χ1) is 14.8. The molecular weight excluding hydrogens is 432 g/mol. The number of carbonyl (C=O) groups excluding carboxylic acids is 1. The minimum absolute atomic E-state index is 0.0908. The predicted molar refractivity (Wildman–Crippen MR) is 125 cm³/mol. The molecule has 30 heavy (non-hydrogen) atoms. The van der Waals surface area contributed by atoms with Crippen LogP contribution < -0.4 is 4.90 Å². The van der Waals surface area contributed by atoms with E-state index in [9.17, 15) is 4.79 Å². The topological polar surface area (TPSA) is 51.0 Å². The SMILES string of the molecule is O=C(CSc1nnc(-c2cccs2)n1-c1ccccc1)N1CCSc2ccccc21. The molecule has 0 saturated heterocycles. The van der Waals surface area contributed by atoms with Crippen molar-refractivity contribution in [2.24, 2.45) is 0 Å². The van der Waals surface area contributed by atoms with E-state index in [-0.39, 0.29) is 5.91 Å². The van der Waals surface area contributed by atoms with Crippen molar-refractivity contribution in [2.45, 2.75) is 10.1 Å². The van der Waals surface area contributed by atoms with Crippen molar-refractivity contribution < 1.29 is 4.79 Å². The van der Waals surface area contributed by atoms with E-state index >= 15 is 0 Å². The second-order valence-corrected chi connectivity index (χ2v) is 9.63. The van der Waals surface area contributed by atoms with Gasteiger partial charge in [0.05, 0.1) is 16.3 Å². The summed E-state index contributed by atoms with van der Waals surface area (Å²) in [4.78, 5) is 17.2. The summed E-state index contributed by atoms with van der Waals surface area (Å²) in [7, 11) is 0. The average Bonchev–Trinajstić information content (AvgIpc) is 3.47. The third-order valence-electron chi connectivity index (χ3n) is 4.74. The third-order valence-corrected chi connectivity index (χ3v) is 7.57. The summed E-state index contributed by atoms with van der Waals surface area (Å²) >= 11 is 4.86. The van der Waals surface area contributed by atoms with Gasteiger partial charge in [-0.25, -0.2) is 0 Å². The number of hydrogen-bond acceptors (Lipinski definition) is 6. The summed E-state index contributed by atoms with van der Waals surface area (Å²) in [5.41, 5.74) is 1.99. The van der Waals surface area contributed by atoms with Gasteiger partial charge in [-0.3, -0.25) is 9.36 Å². The first-order valence-corrected chi connectivity index (χ1v) is 12.4. The zero-order chi connectivity index (χ0) is 20.3. The summed E-state index contributed by atoms with van der Waals surface area (Å²) < 4.78 is 2.03. The molecule has 0 radical (unpaired) electrons. The van der Waals surface area contributed by atoms with Crippen molar-refractivity contribution in [1.29, 1.82) is 0 Å². The summed E-state index contributed by atoms with van der Waals surface area (Å²) in [6, 6.07) is 22.2. The van der Waals surface area contributed by atoms with Crippen LogP contribution in [0.1, 0.15) is 0 Å². The smallest absolute Gasteiger partial charge is 0.237 e. The third kappa shape index (κ3) is 3.78. The Morgan fingerprint density at radius 1 is 1.00 bits per heavy atom. The highest BCUT2D eigenvalue weighted by molar-refractivity contribution is 8.00. The lowest BCUT2D eigenvalue weighted by Gasteiger charge is -2.28. The number of carbonyl (C=O) groups is 1. The number of thiophene rings is 1. The number of hydrogen-bond donors (Lipinski definition) is 0. The highest BCUT2D eigenvalue weighted by atomic mass is 32.2. The molecule has 0 fully saturated rings. The van der Waals surface area contributed by atoms with E-state index in [1.807, 2.05) is 75.5 Å². The van der Waals surface area contributed by atoms with Gasteiger partial charge in [0.2, 0.25) is 5.91 Å². The maximum atomic E-state index is 13.1. The second kappa shape index (κ2) is 8.67. The van der Waals surface area contributed by atoms with Gasteiger partial charge in [-0.2, -0.15) is 0 Å². The molecule has 2 aromatic heterocycles. The molecule has 150 valence electrons. The van der Waals surface area contributed by atoms with Gasteiger partial charge >= 0.3 is 0 Å². The van der Waals surface area contributed by atoms with Crippen molar-refractivity contribution in [3.05, 3.63) is 72.1 Å². The molecule has 1 aliphatic heterocycles. The molecule has 0 spiro atoms. The van der Waals surface area contributed by atoms with Crippen LogP contribution in [-0.4, -0.2) is 38.7 Å². The standard InChI is InChI=1S/C22H18N4OS3/c27-20(25-12-14-29-18-10-5-4-9-17(18)25)15-30-22-24-23-21(19-11-6-13-28-19)26(22)16-7-2-1-3-8-16/h1-11,13H,12,14-15H2. The first kappa shape index (κ1) is 19.4. The molecule has 8 heteroatoms. The Balaban J connectivity index is 1.42. The lowest BCUT2D eigenvalue weighted by Crippen LogP contribution is -2.36. The average molecular weight is 451 g/mol. The normalized spacial score (nSPS) is 13.3. The summed E-state index contributed by atoms with van der Waals surface area (Å²) in [6.45, 7) is 0.729. The van der Waals surface area contributed by atoms with E-state index in [1.54, 1.807) is 23.1 Å². The molecule has 3 heterocycles. The zero-order valence-electron chi connectivity index (χ0n) is 16.0. The van der Waals surface area contributed by atoms with Crippen LogP contribution >= 0.6 is 34.9 Å². The number of para-hydroxylation sites is 2. The van der Waals surface area contributed by atoms with Crippen LogP contribution in [0, 0.1) is 0 Å². The maximum Gasteiger partial charge on any atom is 0.237 e. The minimum atomic E-state index is 0.0908. The molecule has 5 nitrogen and oxygen atoms in total. The molecule has 0 saturated carbocycles. The molecular formula is C22H18N4OS3. The van der Waals surface area contributed by atoms with Crippen molar-refractivity contribution >= 4 is 46.5 Å².